The lowest BCUT2D eigenvalue weighted by atomic mass is 9.73. The highest BCUT2D eigenvalue weighted by molar-refractivity contribution is 6.29. The minimum Gasteiger partial charge on any atom is -0.0760 e. The minimum absolute atomic E-state index is 0.0178. The predicted octanol–water partition coefficient (Wildman–Crippen LogP) is 17.2. The lowest BCUT2D eigenvalue weighted by Crippen LogP contribution is -2.21. The van der Waals surface area contributed by atoms with Gasteiger partial charge in [-0.25, -0.2) is 0 Å². The molecule has 4 atom stereocenters. The first kappa shape index (κ1) is 35.5. The predicted molar refractivity (Wildman–Crippen MR) is 279 cm³/mol. The van der Waals surface area contributed by atoms with Gasteiger partial charge in [-0.2, -0.15) is 0 Å². The Balaban J connectivity index is 0.981. The fourth-order valence-electron chi connectivity index (χ4n) is 15.1. The summed E-state index contributed by atoms with van der Waals surface area (Å²) in [5.74, 6) is 0.880. The van der Waals surface area contributed by atoms with E-state index in [4.69, 9.17) is 0 Å². The van der Waals surface area contributed by atoms with Gasteiger partial charge in [-0.3, -0.25) is 0 Å². The zero-order valence-corrected chi connectivity index (χ0v) is 36.9. The van der Waals surface area contributed by atoms with Crippen LogP contribution in [0.15, 0.2) is 217 Å². The summed E-state index contributed by atoms with van der Waals surface area (Å²) in [5, 5.41) is 8.34. The van der Waals surface area contributed by atoms with Crippen LogP contribution in [0.25, 0.3) is 110 Å². The molecule has 0 radical (unpaired) electrons. The smallest absolute Gasteiger partial charge is 0.0290 e. The lowest BCUT2D eigenvalue weighted by molar-refractivity contribution is 0.712. The maximum absolute atomic E-state index is 2.81. The van der Waals surface area contributed by atoms with Crippen LogP contribution in [0.1, 0.15) is 41.5 Å². The Morgan fingerprint density at radius 2 is 0.776 bits per heavy atom. The molecular weight excluding hydrogens is 805 g/mol. The Kier molecular flexibility index (Phi) is 6.43. The van der Waals surface area contributed by atoms with Crippen molar-refractivity contribution in [3.05, 3.63) is 240 Å². The highest BCUT2D eigenvalue weighted by Gasteiger charge is 2.71. The molecule has 10 aromatic rings. The molecule has 310 valence electrons. The van der Waals surface area contributed by atoms with Crippen LogP contribution in [-0.4, -0.2) is 0 Å². The molecule has 0 amide bonds. The number of rotatable bonds is 4. The lowest BCUT2D eigenvalue weighted by Gasteiger charge is -2.30. The normalized spacial score (nSPS) is 22.4. The summed E-state index contributed by atoms with van der Waals surface area (Å²) in [6.07, 6.45) is 8.96. The molecule has 10 aromatic carbocycles. The summed E-state index contributed by atoms with van der Waals surface area (Å²) in [4.78, 5) is 0. The van der Waals surface area contributed by atoms with Crippen LogP contribution in [0.2, 0.25) is 0 Å². The van der Waals surface area contributed by atoms with Crippen LogP contribution < -0.4 is 0 Å². The van der Waals surface area contributed by atoms with Crippen LogP contribution in [-0.2, 0) is 10.8 Å². The van der Waals surface area contributed by atoms with Gasteiger partial charge in [0, 0.05) is 10.8 Å². The van der Waals surface area contributed by atoms with E-state index in [1.807, 2.05) is 0 Å². The molecule has 4 unspecified atom stereocenters. The molecule has 0 aromatic heterocycles. The van der Waals surface area contributed by atoms with Gasteiger partial charge >= 0.3 is 0 Å². The first-order valence-electron chi connectivity index (χ1n) is 24.4. The Bertz CT molecular complexity index is 3940. The summed E-state index contributed by atoms with van der Waals surface area (Å²) < 4.78 is 0. The highest BCUT2D eigenvalue weighted by atomic mass is 14.7. The van der Waals surface area contributed by atoms with Crippen LogP contribution in [0.5, 0.6) is 0 Å². The van der Waals surface area contributed by atoms with Gasteiger partial charge in [0.15, 0.2) is 0 Å². The van der Waals surface area contributed by atoms with Crippen LogP contribution >= 0.6 is 0 Å². The fraction of sp³-hybridized carbons (Fsp3) is 0.104. The zero-order valence-electron chi connectivity index (χ0n) is 36.9. The molecule has 2 bridgehead atoms. The van der Waals surface area contributed by atoms with E-state index in [1.54, 1.807) is 33.4 Å². The third kappa shape index (κ3) is 4.16. The van der Waals surface area contributed by atoms with Gasteiger partial charge in [0.25, 0.3) is 0 Å². The van der Waals surface area contributed by atoms with Crippen molar-refractivity contribution in [2.45, 2.75) is 30.1 Å². The van der Waals surface area contributed by atoms with E-state index in [9.17, 15) is 0 Å². The van der Waals surface area contributed by atoms with Crippen molar-refractivity contribution >= 4 is 43.5 Å². The molecule has 0 heteroatoms. The quantitative estimate of drug-likeness (QED) is 0.166. The third-order valence-electron chi connectivity index (χ3n) is 17.6. The number of hydrogen-bond acceptors (Lipinski definition) is 0. The standard InChI is InChI=1S/C67H42/c1-5-17-38(18-6-1)55-46-25-13-14-26-47(46)56(39-19-7-2-8-20-39)62-51-31-32-53-60-45(29-30-50(59(51)60)61(55)62)42-33-43-37-67(43)64-52(35-44-36-66(44,53)54(64)34-42)63-57(40-21-9-3-10-22-40)48-27-15-16-28-49(48)58(65(63)67)41-23-11-4-12-24-41/h1-33,35,43-44H,34,36-37H2. The van der Waals surface area contributed by atoms with Crippen molar-refractivity contribution in [3.8, 4) is 66.8 Å². The fourth-order valence-corrected chi connectivity index (χ4v) is 15.1. The first-order chi connectivity index (χ1) is 33.2. The largest absolute Gasteiger partial charge is 0.0760 e. The molecule has 2 spiro atoms. The molecule has 2 saturated carbocycles. The number of fused-ring (bicyclic) bond motifs is 9. The average molecular weight is 847 g/mol. The van der Waals surface area contributed by atoms with Crippen molar-refractivity contribution in [2.75, 3.05) is 0 Å². The number of benzene rings is 10. The van der Waals surface area contributed by atoms with Crippen LogP contribution in [0.3, 0.4) is 0 Å². The molecule has 7 aliphatic carbocycles. The van der Waals surface area contributed by atoms with E-state index in [0.717, 1.165) is 12.8 Å². The zero-order chi connectivity index (χ0) is 43.3. The SMILES string of the molecule is C1=C2C3=C4CC(=CC5CC35c3c2c(-c2ccccc2)c2ccccc2c3-c2ccccc2)c2ccc3c5c(ccc(c25)C42CC12)-c1c-3c(-c2ccccc2)c2ccccc2c1-c1ccccc1. The van der Waals surface area contributed by atoms with Crippen molar-refractivity contribution in [2.24, 2.45) is 11.8 Å². The summed E-state index contributed by atoms with van der Waals surface area (Å²) in [5.41, 5.74) is 28.9. The number of hydrogen-bond donors (Lipinski definition) is 0. The second-order valence-electron chi connectivity index (χ2n) is 20.5. The van der Waals surface area contributed by atoms with E-state index < -0.39 is 0 Å². The second kappa shape index (κ2) is 12.1. The number of allylic oxidation sites excluding steroid dienone is 6. The van der Waals surface area contributed by atoms with E-state index in [0.29, 0.717) is 11.8 Å². The van der Waals surface area contributed by atoms with Crippen molar-refractivity contribution in [3.63, 3.8) is 0 Å². The Morgan fingerprint density at radius 3 is 1.33 bits per heavy atom. The molecule has 67 heavy (non-hydrogen) atoms. The molecule has 0 N–H and O–H groups in total. The Morgan fingerprint density at radius 1 is 0.343 bits per heavy atom. The second-order valence-corrected chi connectivity index (χ2v) is 20.5. The third-order valence-corrected chi connectivity index (χ3v) is 17.6. The maximum Gasteiger partial charge on any atom is 0.0290 e. The van der Waals surface area contributed by atoms with Crippen LogP contribution in [0.4, 0.5) is 0 Å². The summed E-state index contributed by atoms with van der Waals surface area (Å²) in [7, 11) is 0. The molecular formula is C67H42. The molecule has 0 saturated heterocycles. The van der Waals surface area contributed by atoms with Crippen molar-refractivity contribution in [1.29, 1.82) is 0 Å². The topological polar surface area (TPSA) is 0 Å². The molecule has 0 aliphatic heterocycles. The van der Waals surface area contributed by atoms with E-state index >= 15 is 0 Å². The van der Waals surface area contributed by atoms with Gasteiger partial charge in [0.2, 0.25) is 0 Å². The molecule has 17 rings (SSSR count). The molecule has 2 fully saturated rings. The van der Waals surface area contributed by atoms with Gasteiger partial charge in [0.05, 0.1) is 0 Å². The van der Waals surface area contributed by atoms with Gasteiger partial charge in [-0.1, -0.05) is 206 Å². The van der Waals surface area contributed by atoms with Crippen molar-refractivity contribution in [1.82, 2.24) is 0 Å². The summed E-state index contributed by atoms with van der Waals surface area (Å²) in [6, 6.07) is 73.9. The molecule has 0 heterocycles. The van der Waals surface area contributed by atoms with Crippen LogP contribution in [0, 0.1) is 11.8 Å². The van der Waals surface area contributed by atoms with Gasteiger partial charge in [-0.15, -0.1) is 0 Å². The Labute approximate surface area is 389 Å². The maximum atomic E-state index is 2.81. The first-order valence-corrected chi connectivity index (χ1v) is 24.4. The van der Waals surface area contributed by atoms with E-state index in [-0.39, 0.29) is 10.8 Å². The van der Waals surface area contributed by atoms with E-state index in [2.05, 4.69) is 206 Å². The highest BCUT2D eigenvalue weighted by Crippen LogP contribution is 2.80. The monoisotopic (exact) mass is 846 g/mol. The molecule has 0 nitrogen and oxygen atoms in total. The van der Waals surface area contributed by atoms with Gasteiger partial charge in [0.1, 0.15) is 0 Å². The average Bonchev–Trinajstić information content (AvgIpc) is 4.27. The minimum atomic E-state index is -0.0481. The summed E-state index contributed by atoms with van der Waals surface area (Å²) >= 11 is 0. The van der Waals surface area contributed by atoms with Gasteiger partial charge < -0.3 is 0 Å². The summed E-state index contributed by atoms with van der Waals surface area (Å²) in [6.45, 7) is 0. The Hall–Kier alpha value is -7.80. The van der Waals surface area contributed by atoms with Gasteiger partial charge in [-0.05, 0) is 175 Å². The van der Waals surface area contributed by atoms with E-state index in [1.165, 1.54) is 117 Å². The van der Waals surface area contributed by atoms with Crippen molar-refractivity contribution < 1.29 is 0 Å². The molecule has 7 aliphatic rings.